The molecule has 2 N–H and O–H groups in total. The van der Waals surface area contributed by atoms with E-state index >= 15 is 0 Å². The van der Waals surface area contributed by atoms with E-state index in [1.807, 2.05) is 45.1 Å². The first-order chi connectivity index (χ1) is 17.4. The topological polar surface area (TPSA) is 95.2 Å². The zero-order valence-electron chi connectivity index (χ0n) is 22.5. The van der Waals surface area contributed by atoms with Gasteiger partial charge < -0.3 is 15.3 Å². The van der Waals surface area contributed by atoms with Crippen LogP contribution in [0.4, 0.5) is 5.82 Å². The van der Waals surface area contributed by atoms with E-state index in [0.29, 0.717) is 28.2 Å². The summed E-state index contributed by atoms with van der Waals surface area (Å²) in [7, 11) is 0. The number of nitrogens with zero attached hydrogens (tertiary/aromatic N) is 2. The van der Waals surface area contributed by atoms with Crippen molar-refractivity contribution in [3.63, 3.8) is 0 Å². The first-order valence-corrected chi connectivity index (χ1v) is 11.8. The number of ether oxygens (including phenoxy) is 1. The fourth-order valence-electron chi connectivity index (χ4n) is 3.81. The van der Waals surface area contributed by atoms with Crippen molar-refractivity contribution < 1.29 is 14.3 Å². The third-order valence-electron chi connectivity index (χ3n) is 6.11. The Morgan fingerprint density at radius 3 is 2.14 bits per heavy atom. The Morgan fingerprint density at radius 1 is 1.05 bits per heavy atom. The zero-order chi connectivity index (χ0) is 27.9. The van der Waals surface area contributed by atoms with E-state index in [9.17, 15) is 9.59 Å². The number of nitrogen functional groups attached to an aromatic ring is 1. The summed E-state index contributed by atoms with van der Waals surface area (Å²) in [4.78, 5) is 33.0. The predicted molar refractivity (Wildman–Crippen MR) is 152 cm³/mol. The van der Waals surface area contributed by atoms with Crippen LogP contribution in [-0.2, 0) is 14.9 Å². The highest BCUT2D eigenvalue weighted by Gasteiger charge is 2.36. The van der Waals surface area contributed by atoms with Gasteiger partial charge in [0.15, 0.2) is 11.6 Å². The second-order valence-corrected chi connectivity index (χ2v) is 9.18. The molecule has 0 fully saturated rings. The Kier molecular flexibility index (Phi) is 9.44. The Labute approximate surface area is 219 Å². The van der Waals surface area contributed by atoms with E-state index in [-0.39, 0.29) is 17.4 Å². The molecule has 2 rings (SSSR count). The van der Waals surface area contributed by atoms with Crippen LogP contribution in [-0.4, -0.2) is 22.0 Å². The minimum absolute atomic E-state index is 0.00497. The number of aldehydes is 1. The van der Waals surface area contributed by atoms with E-state index < -0.39 is 5.41 Å². The van der Waals surface area contributed by atoms with Gasteiger partial charge in [0, 0.05) is 22.4 Å². The Balaban J connectivity index is 2.41. The minimum atomic E-state index is -1.30. The molecule has 0 radical (unpaired) electrons. The summed E-state index contributed by atoms with van der Waals surface area (Å²) in [6, 6.07) is 7.17. The van der Waals surface area contributed by atoms with Crippen LogP contribution in [0.3, 0.4) is 0 Å². The van der Waals surface area contributed by atoms with Crippen LogP contribution in [0.2, 0.25) is 0 Å². The van der Waals surface area contributed by atoms with Crippen molar-refractivity contribution in [1.29, 1.82) is 0 Å². The van der Waals surface area contributed by atoms with Crippen LogP contribution >= 0.6 is 0 Å². The molecule has 0 aliphatic heterocycles. The standard InChI is InChI=1S/C31H35N3O3/c1-10-11-12-27(19(2)3)21(5)30-33-22(6)28(29(32)34-30)31(9,18-35)24(8)37-17-20(4)25-13-15-26(16-14-25)23(7)36/h10-18H,1,5,8H2,2-4,6-7,9H3,(H2,32,33,34)/b12-11-,20-17+. The Bertz CT molecular complexity index is 1320. The lowest BCUT2D eigenvalue weighted by atomic mass is 9.81. The highest BCUT2D eigenvalue weighted by atomic mass is 16.5. The molecule has 0 saturated carbocycles. The molecule has 0 saturated heterocycles. The molecular formula is C31H35N3O3. The molecule has 1 heterocycles. The quantitative estimate of drug-likeness (QED) is 0.160. The van der Waals surface area contributed by atoms with E-state index in [4.69, 9.17) is 10.5 Å². The van der Waals surface area contributed by atoms with Gasteiger partial charge in [0.1, 0.15) is 23.3 Å². The number of nitrogens with two attached hydrogens (primary N) is 1. The lowest BCUT2D eigenvalue weighted by molar-refractivity contribution is -0.111. The fraction of sp³-hybridized carbons (Fsp3) is 0.226. The van der Waals surface area contributed by atoms with Gasteiger partial charge in [0.2, 0.25) is 0 Å². The molecular weight excluding hydrogens is 462 g/mol. The smallest absolute Gasteiger partial charge is 0.161 e. The van der Waals surface area contributed by atoms with Crippen molar-refractivity contribution in [2.24, 2.45) is 0 Å². The number of aromatic nitrogens is 2. The molecule has 0 spiro atoms. The number of carbonyl (C=O) groups is 2. The van der Waals surface area contributed by atoms with Crippen molar-refractivity contribution in [3.05, 3.63) is 114 Å². The van der Waals surface area contributed by atoms with Crippen LogP contribution in [0.5, 0.6) is 0 Å². The van der Waals surface area contributed by atoms with Crippen LogP contribution < -0.4 is 5.73 Å². The number of carbonyl (C=O) groups excluding carboxylic acids is 2. The van der Waals surface area contributed by atoms with Crippen LogP contribution in [0.15, 0.2) is 85.4 Å². The minimum Gasteiger partial charge on any atom is -0.468 e. The molecule has 0 aliphatic rings. The molecule has 2 aromatic rings. The lowest BCUT2D eigenvalue weighted by Crippen LogP contribution is -2.30. The summed E-state index contributed by atoms with van der Waals surface area (Å²) in [6.45, 7) is 22.6. The molecule has 192 valence electrons. The Hall–Kier alpha value is -4.32. The first-order valence-electron chi connectivity index (χ1n) is 11.8. The first kappa shape index (κ1) is 28.9. The van der Waals surface area contributed by atoms with E-state index in [1.165, 1.54) is 13.2 Å². The molecule has 6 nitrogen and oxygen atoms in total. The number of benzene rings is 1. The highest BCUT2D eigenvalue weighted by Crippen LogP contribution is 2.36. The second-order valence-electron chi connectivity index (χ2n) is 9.18. The number of hydrogen-bond acceptors (Lipinski definition) is 6. The molecule has 6 heteroatoms. The zero-order valence-corrected chi connectivity index (χ0v) is 22.5. The van der Waals surface area contributed by atoms with Gasteiger partial charge >= 0.3 is 0 Å². The van der Waals surface area contributed by atoms with Gasteiger partial charge in [-0.1, -0.05) is 67.8 Å². The third-order valence-corrected chi connectivity index (χ3v) is 6.11. The molecule has 0 aliphatic carbocycles. The van der Waals surface area contributed by atoms with Crippen molar-refractivity contribution >= 4 is 29.0 Å². The maximum absolute atomic E-state index is 12.4. The van der Waals surface area contributed by atoms with Gasteiger partial charge in [-0.05, 0) is 58.3 Å². The SMILES string of the molecule is C=C/C=C\C(C(=C)c1nc(C)c(C(C)(C=O)C(=C)O/C=C(\C)c2ccc(C(C)=O)cc2)c(N)n1)=C(C)C. The maximum atomic E-state index is 12.4. The van der Waals surface area contributed by atoms with Crippen LogP contribution in [0, 0.1) is 6.92 Å². The molecule has 1 unspecified atom stereocenters. The number of rotatable bonds is 11. The molecule has 1 atom stereocenters. The van der Waals surface area contributed by atoms with Gasteiger partial charge in [0.25, 0.3) is 0 Å². The summed E-state index contributed by atoms with van der Waals surface area (Å²) in [5.74, 6) is 0.679. The summed E-state index contributed by atoms with van der Waals surface area (Å²) in [5, 5.41) is 0. The predicted octanol–water partition coefficient (Wildman–Crippen LogP) is 6.71. The molecule has 0 bridgehead atoms. The van der Waals surface area contributed by atoms with E-state index in [0.717, 1.165) is 28.6 Å². The van der Waals surface area contributed by atoms with Gasteiger partial charge in [-0.2, -0.15) is 0 Å². The van der Waals surface area contributed by atoms with Crippen LogP contribution in [0.1, 0.15) is 67.6 Å². The van der Waals surface area contributed by atoms with Crippen molar-refractivity contribution in [3.8, 4) is 0 Å². The van der Waals surface area contributed by atoms with Gasteiger partial charge in [-0.3, -0.25) is 4.79 Å². The summed E-state index contributed by atoms with van der Waals surface area (Å²) >= 11 is 0. The average molecular weight is 498 g/mol. The third kappa shape index (κ3) is 6.47. The Morgan fingerprint density at radius 2 is 1.65 bits per heavy atom. The summed E-state index contributed by atoms with van der Waals surface area (Å²) < 4.78 is 5.84. The van der Waals surface area contributed by atoms with Crippen molar-refractivity contribution in [2.75, 3.05) is 5.73 Å². The van der Waals surface area contributed by atoms with E-state index in [2.05, 4.69) is 29.7 Å². The van der Waals surface area contributed by atoms with Gasteiger partial charge in [-0.25, -0.2) is 9.97 Å². The van der Waals surface area contributed by atoms with Gasteiger partial charge in [-0.15, -0.1) is 0 Å². The average Bonchev–Trinajstić information content (AvgIpc) is 2.86. The number of ketones is 1. The molecule has 37 heavy (non-hydrogen) atoms. The molecule has 1 aromatic carbocycles. The number of allylic oxidation sites excluding steroid dienone is 8. The number of aryl methyl sites for hydroxylation is 1. The highest BCUT2D eigenvalue weighted by molar-refractivity contribution is 5.94. The summed E-state index contributed by atoms with van der Waals surface area (Å²) in [5.41, 5.74) is 10.8. The largest absolute Gasteiger partial charge is 0.468 e. The van der Waals surface area contributed by atoms with E-state index in [1.54, 1.807) is 32.1 Å². The van der Waals surface area contributed by atoms with Crippen molar-refractivity contribution in [1.82, 2.24) is 9.97 Å². The number of Topliss-reactive ketones (excluding diaryl/α,β-unsaturated/α-hetero) is 1. The number of anilines is 1. The maximum Gasteiger partial charge on any atom is 0.161 e. The van der Waals surface area contributed by atoms with Crippen LogP contribution in [0.25, 0.3) is 11.1 Å². The molecule has 0 amide bonds. The van der Waals surface area contributed by atoms with Gasteiger partial charge in [0.05, 0.1) is 6.26 Å². The fourth-order valence-corrected chi connectivity index (χ4v) is 3.81. The summed E-state index contributed by atoms with van der Waals surface area (Å²) in [6.07, 6.45) is 7.63. The monoisotopic (exact) mass is 497 g/mol. The van der Waals surface area contributed by atoms with Crippen molar-refractivity contribution in [2.45, 2.75) is 47.0 Å². The normalized spacial score (nSPS) is 13.0. The number of hydrogen-bond donors (Lipinski definition) is 1. The molecule has 1 aromatic heterocycles. The second kappa shape index (κ2) is 12.1. The lowest BCUT2D eigenvalue weighted by Gasteiger charge is -2.27.